The Morgan fingerprint density at radius 1 is 1.22 bits per heavy atom. The van der Waals surface area contributed by atoms with Crippen LogP contribution in [0, 0.1) is 0 Å². The van der Waals surface area contributed by atoms with Gasteiger partial charge in [0.1, 0.15) is 0 Å². The summed E-state index contributed by atoms with van der Waals surface area (Å²) in [5.41, 5.74) is 1.20. The van der Waals surface area contributed by atoms with E-state index in [1.54, 1.807) is 6.07 Å². The Hall–Kier alpha value is -0.280. The lowest BCUT2D eigenvalue weighted by atomic mass is 10.0. The van der Waals surface area contributed by atoms with Crippen molar-refractivity contribution >= 4 is 23.2 Å². The van der Waals surface area contributed by atoms with E-state index in [4.69, 9.17) is 23.2 Å². The molecule has 0 bridgehead atoms. The Morgan fingerprint density at radius 3 is 2.61 bits per heavy atom. The molecule has 2 rings (SSSR count). The third kappa shape index (κ3) is 3.86. The van der Waals surface area contributed by atoms with Gasteiger partial charge in [-0.25, -0.2) is 0 Å². The number of halogens is 2. The molecule has 1 heterocycles. The van der Waals surface area contributed by atoms with E-state index < -0.39 is 0 Å². The molecule has 18 heavy (non-hydrogen) atoms. The first-order valence-corrected chi connectivity index (χ1v) is 7.28. The zero-order valence-corrected chi connectivity index (χ0v) is 12.3. The Labute approximate surface area is 119 Å². The van der Waals surface area contributed by atoms with E-state index in [9.17, 15) is 0 Å². The summed E-state index contributed by atoms with van der Waals surface area (Å²) in [4.78, 5) is 2.53. The molecule has 1 aromatic rings. The van der Waals surface area contributed by atoms with Crippen LogP contribution in [0.2, 0.25) is 10.0 Å². The van der Waals surface area contributed by atoms with E-state index in [0.29, 0.717) is 6.04 Å². The molecule has 2 nitrogen and oxygen atoms in total. The average Bonchev–Trinajstić information content (AvgIpc) is 2.30. The third-order valence-electron chi connectivity index (χ3n) is 3.50. The van der Waals surface area contributed by atoms with Crippen LogP contribution in [-0.2, 0) is 6.54 Å². The maximum atomic E-state index is 6.05. The standard InChI is InChI=1S/C14H20Cl2N2/c1-17-9-14-4-2-3-5-18(14)10-11-6-12(15)8-13(16)7-11/h6-8,14,17H,2-5,9-10H2,1H3. The molecule has 1 unspecified atom stereocenters. The van der Waals surface area contributed by atoms with E-state index in [1.807, 2.05) is 19.2 Å². The summed E-state index contributed by atoms with van der Waals surface area (Å²) < 4.78 is 0. The number of rotatable bonds is 4. The molecule has 100 valence electrons. The van der Waals surface area contributed by atoms with Crippen LogP contribution in [0.3, 0.4) is 0 Å². The monoisotopic (exact) mass is 286 g/mol. The van der Waals surface area contributed by atoms with E-state index in [0.717, 1.165) is 29.7 Å². The molecule has 1 N–H and O–H groups in total. The van der Waals surface area contributed by atoms with E-state index in [1.165, 1.54) is 24.8 Å². The minimum absolute atomic E-state index is 0.626. The molecule has 1 fully saturated rings. The molecule has 1 atom stereocenters. The van der Waals surface area contributed by atoms with Crippen molar-refractivity contribution in [1.82, 2.24) is 10.2 Å². The highest BCUT2D eigenvalue weighted by Crippen LogP contribution is 2.23. The van der Waals surface area contributed by atoms with Gasteiger partial charge in [0.25, 0.3) is 0 Å². The first-order valence-electron chi connectivity index (χ1n) is 6.52. The van der Waals surface area contributed by atoms with Gasteiger partial charge in [-0.05, 0) is 50.2 Å². The number of nitrogens with one attached hydrogen (secondary N) is 1. The lowest BCUT2D eigenvalue weighted by molar-refractivity contribution is 0.139. The molecular formula is C14H20Cl2N2. The second-order valence-corrected chi connectivity index (χ2v) is 5.83. The number of piperidine rings is 1. The summed E-state index contributed by atoms with van der Waals surface area (Å²) in [6.07, 6.45) is 3.89. The minimum atomic E-state index is 0.626. The van der Waals surface area contributed by atoms with Gasteiger partial charge in [0, 0.05) is 29.2 Å². The summed E-state index contributed by atoms with van der Waals surface area (Å²) in [5.74, 6) is 0. The minimum Gasteiger partial charge on any atom is -0.318 e. The highest BCUT2D eigenvalue weighted by molar-refractivity contribution is 6.34. The zero-order valence-electron chi connectivity index (χ0n) is 10.8. The molecule has 0 aliphatic carbocycles. The summed E-state index contributed by atoms with van der Waals surface area (Å²) >= 11 is 12.1. The highest BCUT2D eigenvalue weighted by atomic mass is 35.5. The summed E-state index contributed by atoms with van der Waals surface area (Å²) in [6.45, 7) is 3.15. The van der Waals surface area contributed by atoms with Crippen LogP contribution in [0.4, 0.5) is 0 Å². The van der Waals surface area contributed by atoms with Gasteiger partial charge in [-0.2, -0.15) is 0 Å². The van der Waals surface area contributed by atoms with Crippen LogP contribution >= 0.6 is 23.2 Å². The second-order valence-electron chi connectivity index (χ2n) is 4.96. The van der Waals surface area contributed by atoms with Crippen molar-refractivity contribution in [3.63, 3.8) is 0 Å². The van der Waals surface area contributed by atoms with Crippen molar-refractivity contribution in [1.29, 1.82) is 0 Å². The topological polar surface area (TPSA) is 15.3 Å². The predicted molar refractivity (Wildman–Crippen MR) is 78.4 cm³/mol. The smallest absolute Gasteiger partial charge is 0.0424 e. The van der Waals surface area contributed by atoms with Crippen LogP contribution in [-0.4, -0.2) is 31.1 Å². The van der Waals surface area contributed by atoms with Gasteiger partial charge < -0.3 is 5.32 Å². The van der Waals surface area contributed by atoms with Crippen molar-refractivity contribution < 1.29 is 0 Å². The van der Waals surface area contributed by atoms with Gasteiger partial charge in [0.15, 0.2) is 0 Å². The van der Waals surface area contributed by atoms with Crippen molar-refractivity contribution in [2.75, 3.05) is 20.1 Å². The zero-order chi connectivity index (χ0) is 13.0. The maximum Gasteiger partial charge on any atom is 0.0424 e. The normalized spacial score (nSPS) is 21.2. The number of likely N-dealkylation sites (N-methyl/N-ethyl adjacent to an activating group) is 1. The van der Waals surface area contributed by atoms with Crippen molar-refractivity contribution in [3.05, 3.63) is 33.8 Å². The first-order chi connectivity index (χ1) is 8.69. The van der Waals surface area contributed by atoms with E-state index in [-0.39, 0.29) is 0 Å². The molecule has 1 aliphatic rings. The molecule has 0 spiro atoms. The Morgan fingerprint density at radius 2 is 1.94 bits per heavy atom. The van der Waals surface area contributed by atoms with E-state index >= 15 is 0 Å². The third-order valence-corrected chi connectivity index (χ3v) is 3.93. The molecule has 1 saturated heterocycles. The van der Waals surface area contributed by atoms with Gasteiger partial charge in [0.05, 0.1) is 0 Å². The lowest BCUT2D eigenvalue weighted by Gasteiger charge is -2.35. The number of likely N-dealkylation sites (tertiary alicyclic amines) is 1. The number of nitrogens with zero attached hydrogens (tertiary/aromatic N) is 1. The highest BCUT2D eigenvalue weighted by Gasteiger charge is 2.21. The van der Waals surface area contributed by atoms with E-state index in [2.05, 4.69) is 10.2 Å². The van der Waals surface area contributed by atoms with Crippen LogP contribution in [0.15, 0.2) is 18.2 Å². The first kappa shape index (κ1) is 14.1. The fourth-order valence-electron chi connectivity index (χ4n) is 2.67. The molecule has 1 aromatic carbocycles. The average molecular weight is 287 g/mol. The number of hydrogen-bond acceptors (Lipinski definition) is 2. The van der Waals surface area contributed by atoms with Gasteiger partial charge in [-0.3, -0.25) is 4.90 Å². The van der Waals surface area contributed by atoms with Gasteiger partial charge >= 0.3 is 0 Å². The lowest BCUT2D eigenvalue weighted by Crippen LogP contribution is -2.44. The predicted octanol–water partition coefficient (Wildman–Crippen LogP) is 3.57. The molecule has 0 aromatic heterocycles. The molecule has 4 heteroatoms. The van der Waals surface area contributed by atoms with Gasteiger partial charge in [-0.15, -0.1) is 0 Å². The van der Waals surface area contributed by atoms with Gasteiger partial charge in [0.2, 0.25) is 0 Å². The number of benzene rings is 1. The SMILES string of the molecule is CNCC1CCCCN1Cc1cc(Cl)cc(Cl)c1. The molecular weight excluding hydrogens is 267 g/mol. The maximum absolute atomic E-state index is 6.05. The van der Waals surface area contributed by atoms with Crippen molar-refractivity contribution in [2.24, 2.45) is 0 Å². The second kappa shape index (κ2) is 6.76. The Bertz CT molecular complexity index is 373. The molecule has 0 saturated carbocycles. The Kier molecular flexibility index (Phi) is 5.31. The van der Waals surface area contributed by atoms with Crippen LogP contribution in [0.1, 0.15) is 24.8 Å². The van der Waals surface area contributed by atoms with Crippen molar-refractivity contribution in [2.45, 2.75) is 31.8 Å². The van der Waals surface area contributed by atoms with Gasteiger partial charge in [-0.1, -0.05) is 29.6 Å². The van der Waals surface area contributed by atoms with Crippen molar-refractivity contribution in [3.8, 4) is 0 Å². The summed E-state index contributed by atoms with van der Waals surface area (Å²) in [5, 5.41) is 4.73. The quantitative estimate of drug-likeness (QED) is 0.910. The summed E-state index contributed by atoms with van der Waals surface area (Å²) in [7, 11) is 2.02. The largest absolute Gasteiger partial charge is 0.318 e. The molecule has 1 aliphatic heterocycles. The Balaban J connectivity index is 2.05. The molecule has 0 amide bonds. The summed E-state index contributed by atoms with van der Waals surface area (Å²) in [6, 6.07) is 6.44. The fourth-order valence-corrected chi connectivity index (χ4v) is 3.24. The van der Waals surface area contributed by atoms with Crippen LogP contribution < -0.4 is 5.32 Å². The molecule has 0 radical (unpaired) electrons. The van der Waals surface area contributed by atoms with Crippen LogP contribution in [0.5, 0.6) is 0 Å². The number of hydrogen-bond donors (Lipinski definition) is 1. The van der Waals surface area contributed by atoms with Crippen LogP contribution in [0.25, 0.3) is 0 Å². The fraction of sp³-hybridized carbons (Fsp3) is 0.571.